The predicted octanol–water partition coefficient (Wildman–Crippen LogP) is 7.36. The summed E-state index contributed by atoms with van der Waals surface area (Å²) in [7, 11) is 0. The lowest BCUT2D eigenvalue weighted by atomic mass is 9.94. The third-order valence-electron chi connectivity index (χ3n) is 6.44. The Balaban J connectivity index is 0.000000258. The first-order valence-corrected chi connectivity index (χ1v) is 12.5. The number of carboxylic acid groups (broad SMARTS) is 2. The number of nitrogens with one attached hydrogen (secondary N) is 1. The number of hydrogen-bond acceptors (Lipinski definition) is 4. The van der Waals surface area contributed by atoms with Gasteiger partial charge in [-0.05, 0) is 65.2 Å². The van der Waals surface area contributed by atoms with Crippen molar-refractivity contribution in [3.05, 3.63) is 105 Å². The summed E-state index contributed by atoms with van der Waals surface area (Å²) in [4.78, 5) is 23.0. The van der Waals surface area contributed by atoms with Crippen LogP contribution in [0.1, 0.15) is 22.3 Å². The molecule has 3 aromatic carbocycles. The van der Waals surface area contributed by atoms with Crippen LogP contribution in [0.3, 0.4) is 0 Å². The summed E-state index contributed by atoms with van der Waals surface area (Å²) in [5.74, 6) is -2.61. The van der Waals surface area contributed by atoms with Gasteiger partial charge in [-0.1, -0.05) is 41.9 Å². The molecule has 0 fully saturated rings. The monoisotopic (exact) mass is 610 g/mol. The van der Waals surface area contributed by atoms with E-state index in [1.54, 1.807) is 6.08 Å². The van der Waals surface area contributed by atoms with Gasteiger partial charge in [0.05, 0.1) is 16.7 Å². The minimum absolute atomic E-state index is 0.0709. The molecular formula is C29H21ClF6N2O4. The molecule has 6 nitrogen and oxygen atoms in total. The van der Waals surface area contributed by atoms with Gasteiger partial charge in [-0.15, -0.1) is 0 Å². The number of carboxylic acids is 2. The van der Waals surface area contributed by atoms with Crippen molar-refractivity contribution in [3.8, 4) is 0 Å². The lowest BCUT2D eigenvalue weighted by Gasteiger charge is -2.39. The number of nitrogens with zero attached hydrogens (tertiary/aromatic N) is 1. The Labute approximate surface area is 240 Å². The SMILES string of the molecule is O=C(O)C1=Cc2cc(Cl)ccc2N(Cc2ccc(C(F)(F)F)cc2)C1C(F)(F)F.O=C(O)C1=Cc2ccccc2NC1. The van der Waals surface area contributed by atoms with Gasteiger partial charge in [0, 0.05) is 29.5 Å². The van der Waals surface area contributed by atoms with Crippen LogP contribution >= 0.6 is 11.6 Å². The molecule has 3 N–H and O–H groups in total. The Bertz CT molecular complexity index is 1570. The smallest absolute Gasteiger partial charge is 0.416 e. The fourth-order valence-corrected chi connectivity index (χ4v) is 4.69. The number of rotatable bonds is 4. The van der Waals surface area contributed by atoms with E-state index in [9.17, 15) is 41.0 Å². The van der Waals surface area contributed by atoms with Gasteiger partial charge in [-0.3, -0.25) is 0 Å². The van der Waals surface area contributed by atoms with Crippen LogP contribution in [-0.2, 0) is 22.3 Å². The summed E-state index contributed by atoms with van der Waals surface area (Å²) in [5.41, 5.74) is 0.880. The largest absolute Gasteiger partial charge is 0.478 e. The van der Waals surface area contributed by atoms with Crippen LogP contribution in [0.15, 0.2) is 77.9 Å². The van der Waals surface area contributed by atoms with Gasteiger partial charge in [-0.25, -0.2) is 9.59 Å². The Kier molecular flexibility index (Phi) is 8.58. The fraction of sp³-hybridized carbons (Fsp3) is 0.172. The van der Waals surface area contributed by atoms with Crippen molar-refractivity contribution >= 4 is 47.1 Å². The highest BCUT2D eigenvalue weighted by Crippen LogP contribution is 2.42. The van der Waals surface area contributed by atoms with E-state index in [4.69, 9.17) is 16.7 Å². The molecule has 3 aromatic rings. The highest BCUT2D eigenvalue weighted by Gasteiger charge is 2.50. The zero-order valence-corrected chi connectivity index (χ0v) is 22.1. The normalized spacial score (nSPS) is 16.1. The van der Waals surface area contributed by atoms with E-state index in [2.05, 4.69) is 5.32 Å². The van der Waals surface area contributed by atoms with E-state index in [1.165, 1.54) is 18.2 Å². The van der Waals surface area contributed by atoms with Crippen LogP contribution in [-0.4, -0.2) is 40.9 Å². The van der Waals surface area contributed by atoms with Gasteiger partial charge in [0.15, 0.2) is 6.04 Å². The van der Waals surface area contributed by atoms with Gasteiger partial charge < -0.3 is 20.4 Å². The number of anilines is 2. The van der Waals surface area contributed by atoms with Crippen molar-refractivity contribution in [2.75, 3.05) is 16.8 Å². The maximum absolute atomic E-state index is 13.8. The zero-order valence-electron chi connectivity index (χ0n) is 21.3. The Hall–Kier alpha value is -4.45. The Morgan fingerprint density at radius 1 is 0.881 bits per heavy atom. The third-order valence-corrected chi connectivity index (χ3v) is 6.68. The average molecular weight is 611 g/mol. The van der Waals surface area contributed by atoms with Crippen molar-refractivity contribution in [2.45, 2.75) is 24.9 Å². The first-order valence-electron chi connectivity index (χ1n) is 12.2. The number of fused-ring (bicyclic) bond motifs is 2. The first-order chi connectivity index (χ1) is 19.6. The second-order valence-corrected chi connectivity index (χ2v) is 9.73. The molecule has 0 saturated carbocycles. The van der Waals surface area contributed by atoms with Crippen molar-refractivity contribution in [1.29, 1.82) is 0 Å². The number of carbonyl (C=O) groups is 2. The third kappa shape index (κ3) is 6.88. The summed E-state index contributed by atoms with van der Waals surface area (Å²) >= 11 is 5.87. The number of benzene rings is 3. The Morgan fingerprint density at radius 2 is 1.55 bits per heavy atom. The molecule has 5 rings (SSSR count). The van der Waals surface area contributed by atoms with Gasteiger partial charge >= 0.3 is 24.3 Å². The van der Waals surface area contributed by atoms with E-state index in [1.807, 2.05) is 24.3 Å². The van der Waals surface area contributed by atoms with Crippen molar-refractivity contribution in [1.82, 2.24) is 0 Å². The molecule has 2 aliphatic rings. The summed E-state index contributed by atoms with van der Waals surface area (Å²) in [6, 6.07) is 12.8. The second kappa shape index (κ2) is 11.8. The van der Waals surface area contributed by atoms with Gasteiger partial charge in [0.25, 0.3) is 0 Å². The maximum Gasteiger partial charge on any atom is 0.416 e. The molecule has 13 heteroatoms. The average Bonchev–Trinajstić information content (AvgIpc) is 2.91. The summed E-state index contributed by atoms with van der Waals surface area (Å²) in [6.45, 7) is -0.0616. The standard InChI is InChI=1S/C19H12ClF6NO2.C10H9NO2/c20-13-5-6-15-11(7-13)8-14(17(28)29)16(19(24,25)26)27(15)9-10-1-3-12(4-2-10)18(21,22)23;12-10(13)8-5-7-3-1-2-4-9(7)11-6-8/h1-8,16H,9H2,(H,28,29);1-5,11H,6H2,(H,12,13). The molecule has 2 heterocycles. The van der Waals surface area contributed by atoms with Crippen LogP contribution in [0.4, 0.5) is 37.7 Å². The van der Waals surface area contributed by atoms with E-state index in [-0.39, 0.29) is 21.8 Å². The van der Waals surface area contributed by atoms with Crippen molar-refractivity contribution in [3.63, 3.8) is 0 Å². The zero-order chi connectivity index (χ0) is 30.8. The fourth-order valence-electron chi connectivity index (χ4n) is 4.51. The lowest BCUT2D eigenvalue weighted by Crippen LogP contribution is -2.50. The van der Waals surface area contributed by atoms with E-state index in [0.717, 1.165) is 46.5 Å². The van der Waals surface area contributed by atoms with E-state index >= 15 is 0 Å². The van der Waals surface area contributed by atoms with Gasteiger partial charge in [0.1, 0.15) is 0 Å². The second-order valence-electron chi connectivity index (χ2n) is 9.29. The molecule has 0 aromatic heterocycles. The Morgan fingerprint density at radius 3 is 2.14 bits per heavy atom. The molecule has 42 heavy (non-hydrogen) atoms. The van der Waals surface area contributed by atoms with E-state index < -0.39 is 48.0 Å². The first kappa shape index (κ1) is 30.5. The van der Waals surface area contributed by atoms with Crippen LogP contribution < -0.4 is 10.2 Å². The molecule has 0 spiro atoms. The quantitative estimate of drug-likeness (QED) is 0.268. The topological polar surface area (TPSA) is 89.9 Å². The number of aliphatic carboxylic acids is 2. The van der Waals surface area contributed by atoms with Crippen molar-refractivity contribution < 1.29 is 46.1 Å². The van der Waals surface area contributed by atoms with Gasteiger partial charge in [0.2, 0.25) is 0 Å². The predicted molar refractivity (Wildman–Crippen MR) is 145 cm³/mol. The molecule has 0 bridgehead atoms. The number of hydrogen-bond donors (Lipinski definition) is 3. The van der Waals surface area contributed by atoms with E-state index in [0.29, 0.717) is 12.1 Å². The molecule has 220 valence electrons. The number of para-hydroxylation sites is 1. The van der Waals surface area contributed by atoms with Crippen LogP contribution in [0.2, 0.25) is 5.02 Å². The molecule has 1 unspecified atom stereocenters. The highest BCUT2D eigenvalue weighted by molar-refractivity contribution is 6.30. The number of alkyl halides is 6. The molecule has 1 atom stereocenters. The highest BCUT2D eigenvalue weighted by atomic mass is 35.5. The van der Waals surface area contributed by atoms with Crippen LogP contribution in [0, 0.1) is 0 Å². The van der Waals surface area contributed by atoms with Gasteiger partial charge in [-0.2, -0.15) is 26.3 Å². The summed E-state index contributed by atoms with van der Waals surface area (Å²) < 4.78 is 79.5. The summed E-state index contributed by atoms with van der Waals surface area (Å²) in [5, 5.41) is 21.3. The molecule has 0 amide bonds. The molecule has 0 radical (unpaired) electrons. The lowest BCUT2D eigenvalue weighted by molar-refractivity contribution is -0.150. The van der Waals surface area contributed by atoms with Crippen LogP contribution in [0.25, 0.3) is 12.2 Å². The van der Waals surface area contributed by atoms with Crippen LogP contribution in [0.5, 0.6) is 0 Å². The van der Waals surface area contributed by atoms with Crippen molar-refractivity contribution in [2.24, 2.45) is 0 Å². The molecule has 0 aliphatic carbocycles. The molecule has 2 aliphatic heterocycles. The molecular weight excluding hydrogens is 590 g/mol. The number of halogens is 7. The summed E-state index contributed by atoms with van der Waals surface area (Å²) in [6.07, 6.45) is -6.91. The molecule has 0 saturated heterocycles. The minimum Gasteiger partial charge on any atom is -0.478 e. The minimum atomic E-state index is -4.94. The maximum atomic E-state index is 13.8.